The Balaban J connectivity index is 0.000000887. The maximum atomic E-state index is 14.2. The van der Waals surface area contributed by atoms with Crippen LogP contribution < -0.4 is 0 Å². The second-order valence-electron chi connectivity index (χ2n) is 21.7. The summed E-state index contributed by atoms with van der Waals surface area (Å²) >= 11 is 0. The first-order valence-electron chi connectivity index (χ1n) is 26.6. The van der Waals surface area contributed by atoms with Crippen LogP contribution in [-0.4, -0.2) is 168 Å². The Hall–Kier alpha value is -1.92. The first kappa shape index (κ1) is 66.2. The summed E-state index contributed by atoms with van der Waals surface area (Å²) in [7, 11) is 0.973. The maximum Gasteiger partial charge on any atom is 0.397 e. The van der Waals surface area contributed by atoms with Gasteiger partial charge < -0.3 is 58.5 Å². The summed E-state index contributed by atoms with van der Waals surface area (Å²) in [6, 6.07) is -0.319. The topological polar surface area (TPSA) is 264 Å². The molecular formula is C52H97NO18S. The van der Waals surface area contributed by atoms with Crippen LogP contribution in [0.4, 0.5) is 0 Å². The van der Waals surface area contributed by atoms with Crippen LogP contribution >= 0.6 is 0 Å². The number of hydrogen-bond donors (Lipinski definition) is 5. The first-order chi connectivity index (χ1) is 33.4. The molecule has 3 aliphatic rings. The highest BCUT2D eigenvalue weighted by atomic mass is 32.3. The van der Waals surface area contributed by atoms with Gasteiger partial charge in [0.25, 0.3) is 0 Å². The molecule has 424 valence electrons. The molecule has 0 aliphatic carbocycles. The van der Waals surface area contributed by atoms with E-state index in [-0.39, 0.29) is 44.4 Å². The molecule has 0 saturated carbocycles. The number of carbonyl (C=O) groups excluding carboxylic acids is 3. The monoisotopic (exact) mass is 1060 g/mol. The van der Waals surface area contributed by atoms with Crippen molar-refractivity contribution in [1.82, 2.24) is 4.90 Å². The molecule has 18 atom stereocenters. The van der Waals surface area contributed by atoms with E-state index in [1.54, 1.807) is 48.5 Å². The van der Waals surface area contributed by atoms with Crippen molar-refractivity contribution in [2.24, 2.45) is 23.7 Å². The van der Waals surface area contributed by atoms with Crippen LogP contribution in [0.25, 0.3) is 0 Å². The Labute approximate surface area is 432 Å². The van der Waals surface area contributed by atoms with E-state index in [0.717, 1.165) is 12.8 Å². The lowest BCUT2D eigenvalue weighted by molar-refractivity contribution is -0.319. The van der Waals surface area contributed by atoms with E-state index < -0.39 is 124 Å². The van der Waals surface area contributed by atoms with Crippen molar-refractivity contribution < 1.29 is 85.1 Å². The van der Waals surface area contributed by atoms with Gasteiger partial charge in [0.2, 0.25) is 0 Å². The zero-order valence-electron chi connectivity index (χ0n) is 46.4. The molecular weight excluding hydrogens is 959 g/mol. The maximum absolute atomic E-state index is 14.2. The van der Waals surface area contributed by atoms with Crippen molar-refractivity contribution in [3.63, 3.8) is 0 Å². The highest BCUT2D eigenvalue weighted by Crippen LogP contribution is 2.41. The predicted molar refractivity (Wildman–Crippen MR) is 270 cm³/mol. The summed E-state index contributed by atoms with van der Waals surface area (Å²) in [6.45, 7) is 20.3. The molecule has 3 rings (SSSR count). The number of esters is 2. The molecule has 19 nitrogen and oxygen atoms in total. The van der Waals surface area contributed by atoms with Crippen LogP contribution in [0.5, 0.6) is 0 Å². The summed E-state index contributed by atoms with van der Waals surface area (Å²) in [5, 5.41) is 46.6. The third-order valence-corrected chi connectivity index (χ3v) is 15.5. The average Bonchev–Trinajstić information content (AvgIpc) is 3.30. The van der Waals surface area contributed by atoms with E-state index in [0.29, 0.717) is 12.8 Å². The van der Waals surface area contributed by atoms with Crippen LogP contribution in [0.1, 0.15) is 179 Å². The van der Waals surface area contributed by atoms with Gasteiger partial charge in [-0.05, 0) is 81.3 Å². The summed E-state index contributed by atoms with van der Waals surface area (Å²) in [5.74, 6) is -5.59. The van der Waals surface area contributed by atoms with Gasteiger partial charge in [0.15, 0.2) is 18.7 Å². The molecule has 20 heteroatoms. The van der Waals surface area contributed by atoms with E-state index in [2.05, 4.69) is 11.1 Å². The lowest BCUT2D eigenvalue weighted by Gasteiger charge is -2.49. The number of nitrogens with zero attached hydrogens (tertiary/aromatic N) is 1. The number of methoxy groups -OCH3 is 1. The standard InChI is InChI=1S/C40H71NO14.C12H26O4S/c1-15-27-40(11,48)33(44)22(5)30(43)20(3)18-38(9,47)35(55-37-32(53-28(42)16-2)26(41(12)13)17-21(4)50-37)23(6)31(24(7)36(46)52-27)54-29-19-39(10,49-14)34(45)25(8)51-29;1-2-3-4-5-6-7-8-9-10-11-12-16-17(13,14)15/h20-27,29,31-35,37,44-45,47-48H,15-19H2,1-14H3;2-12H2,1H3,(H,13,14,15)/t20-,21?,22+,23+,24-,25?,26?,27-,29?,31+,32?,33-,34+,35-,37+,38-,39+,40-;/m1./s1. The number of aliphatic hydroxyl groups is 4. The number of unbranched alkanes of at least 4 members (excludes halogenated alkanes) is 9. The molecule has 0 radical (unpaired) electrons. The van der Waals surface area contributed by atoms with Crippen LogP contribution in [0.2, 0.25) is 0 Å². The summed E-state index contributed by atoms with van der Waals surface area (Å²) < 4.78 is 76.6. The molecule has 3 saturated heterocycles. The normalized spacial score (nSPS) is 38.6. The lowest BCUT2D eigenvalue weighted by Crippen LogP contribution is -2.61. The Bertz CT molecular complexity index is 1730. The van der Waals surface area contributed by atoms with Crippen LogP contribution in [-0.2, 0) is 62.1 Å². The number of Topliss-reactive ketones (excluding diaryl/α,β-unsaturated/α-hetero) is 1. The lowest BCUT2D eigenvalue weighted by atomic mass is 9.74. The molecule has 0 amide bonds. The Morgan fingerprint density at radius 2 is 1.36 bits per heavy atom. The van der Waals surface area contributed by atoms with E-state index in [1.807, 2.05) is 25.9 Å². The van der Waals surface area contributed by atoms with Crippen molar-refractivity contribution in [2.75, 3.05) is 27.8 Å². The van der Waals surface area contributed by atoms with Gasteiger partial charge in [0.1, 0.15) is 23.6 Å². The summed E-state index contributed by atoms with van der Waals surface area (Å²) in [6.07, 6.45) is 2.17. The predicted octanol–water partition coefficient (Wildman–Crippen LogP) is 6.47. The molecule has 0 aromatic rings. The highest BCUT2D eigenvalue weighted by molar-refractivity contribution is 7.80. The van der Waals surface area contributed by atoms with E-state index in [1.165, 1.54) is 72.8 Å². The number of likely N-dealkylation sites (N-methyl/N-ethyl adjacent to an activating group) is 1. The fourth-order valence-corrected chi connectivity index (χ4v) is 10.8. The second-order valence-corrected chi connectivity index (χ2v) is 22.8. The zero-order valence-corrected chi connectivity index (χ0v) is 47.2. The van der Waals surface area contributed by atoms with Gasteiger partial charge >= 0.3 is 22.3 Å². The SMILES string of the molecule is CCC(=O)OC1C(N(C)C)CC(C)O[C@H]1O[C@@H]1[C@@H](C)[C@H](OC2C[C@](C)(OC)[C@@H](O)C(C)O2)[C@@H](C)C(=O)O[C@H](CC)[C@@](C)(O)[C@H](O)[C@@H](C)C(=O)[C@H](C)C[C@@]1(C)O.CCCCCCCCCCCCOS(=O)(=O)O. The number of rotatable bonds is 21. The average molecular weight is 1060 g/mol. The third kappa shape index (κ3) is 19.6. The van der Waals surface area contributed by atoms with Crippen LogP contribution in [0.15, 0.2) is 0 Å². The molecule has 0 bridgehead atoms. The van der Waals surface area contributed by atoms with Crippen molar-refractivity contribution in [3.05, 3.63) is 0 Å². The molecule has 3 aliphatic heterocycles. The number of aliphatic hydroxyl groups excluding tert-OH is 2. The molecule has 0 aromatic carbocycles. The van der Waals surface area contributed by atoms with Crippen LogP contribution in [0, 0.1) is 23.7 Å². The number of cyclic esters (lactones) is 1. The van der Waals surface area contributed by atoms with Gasteiger partial charge in [-0.15, -0.1) is 0 Å². The summed E-state index contributed by atoms with van der Waals surface area (Å²) in [4.78, 5) is 42.9. The molecule has 3 heterocycles. The number of ether oxygens (including phenoxy) is 7. The van der Waals surface area contributed by atoms with E-state index in [9.17, 15) is 43.2 Å². The van der Waals surface area contributed by atoms with Gasteiger partial charge in [-0.25, -0.2) is 4.18 Å². The van der Waals surface area contributed by atoms with Crippen molar-refractivity contribution in [1.29, 1.82) is 0 Å². The fourth-order valence-electron chi connectivity index (χ4n) is 10.5. The molecule has 5 unspecified atom stereocenters. The quantitative estimate of drug-likeness (QED) is 0.0468. The van der Waals surface area contributed by atoms with Gasteiger partial charge in [0.05, 0.1) is 60.3 Å². The van der Waals surface area contributed by atoms with Gasteiger partial charge in [0, 0.05) is 37.7 Å². The molecule has 0 spiro atoms. The minimum atomic E-state index is -4.23. The Morgan fingerprint density at radius 3 is 1.88 bits per heavy atom. The second kappa shape index (κ2) is 30.1. The first-order valence-corrected chi connectivity index (χ1v) is 28.0. The molecule has 72 heavy (non-hydrogen) atoms. The van der Waals surface area contributed by atoms with Gasteiger partial charge in [-0.3, -0.25) is 18.9 Å². The highest BCUT2D eigenvalue weighted by Gasteiger charge is 2.54. The van der Waals surface area contributed by atoms with Gasteiger partial charge in [-0.2, -0.15) is 8.42 Å². The molecule has 0 aromatic heterocycles. The fraction of sp³-hybridized carbons (Fsp3) is 0.942. The zero-order chi connectivity index (χ0) is 54.9. The number of carbonyl (C=O) groups is 3. The van der Waals surface area contributed by atoms with Crippen molar-refractivity contribution >= 4 is 28.1 Å². The van der Waals surface area contributed by atoms with Crippen LogP contribution in [0.3, 0.4) is 0 Å². The van der Waals surface area contributed by atoms with Gasteiger partial charge in [-0.1, -0.05) is 99.3 Å². The van der Waals surface area contributed by atoms with E-state index in [4.69, 9.17) is 37.7 Å². The molecule has 3 fully saturated rings. The Kier molecular flexibility index (Phi) is 27.7. The van der Waals surface area contributed by atoms with E-state index >= 15 is 0 Å². The third-order valence-electron chi connectivity index (χ3n) is 15.1. The molecule has 5 N–H and O–H groups in total. The summed E-state index contributed by atoms with van der Waals surface area (Å²) in [5.41, 5.74) is -4.92. The largest absolute Gasteiger partial charge is 0.459 e. The number of hydrogen-bond acceptors (Lipinski definition) is 18. The van der Waals surface area contributed by atoms with Crippen molar-refractivity contribution in [3.8, 4) is 0 Å². The minimum Gasteiger partial charge on any atom is -0.459 e. The van der Waals surface area contributed by atoms with Crippen molar-refractivity contribution in [2.45, 2.75) is 264 Å². The smallest absolute Gasteiger partial charge is 0.397 e. The number of ketones is 1. The Morgan fingerprint density at radius 1 is 0.792 bits per heavy atom. The minimum absolute atomic E-state index is 0.0760.